The van der Waals surface area contributed by atoms with Crippen molar-refractivity contribution in [1.29, 1.82) is 0 Å². The molecule has 8 heteroatoms. The average Bonchev–Trinajstić information content (AvgIpc) is 2.61. The molecule has 2 aromatic rings. The van der Waals surface area contributed by atoms with Gasteiger partial charge in [-0.1, -0.05) is 19.3 Å². The van der Waals surface area contributed by atoms with E-state index >= 15 is 0 Å². The fraction of sp³-hybridized carbons (Fsp3) is 0.316. The van der Waals surface area contributed by atoms with E-state index in [2.05, 4.69) is 45.2 Å². The van der Waals surface area contributed by atoms with Crippen LogP contribution in [-0.2, 0) is 10.1 Å². The summed E-state index contributed by atoms with van der Waals surface area (Å²) in [6, 6.07) is 9.73. The first kappa shape index (κ1) is 21.0. The van der Waals surface area contributed by atoms with E-state index in [1.807, 2.05) is 12.1 Å². The molecule has 2 aromatic carbocycles. The van der Waals surface area contributed by atoms with Gasteiger partial charge in [-0.15, -0.1) is 0 Å². The number of halogens is 2. The Morgan fingerprint density at radius 1 is 1.04 bits per heavy atom. The predicted octanol–water partition coefficient (Wildman–Crippen LogP) is 5.41. The van der Waals surface area contributed by atoms with Gasteiger partial charge in [0.15, 0.2) is 0 Å². The van der Waals surface area contributed by atoms with E-state index < -0.39 is 16.1 Å². The number of hydrogen-bond acceptors (Lipinski definition) is 4. The normalized spacial score (nSPS) is 15.5. The van der Waals surface area contributed by atoms with Crippen molar-refractivity contribution < 1.29 is 22.5 Å². The van der Waals surface area contributed by atoms with Gasteiger partial charge in [0.05, 0.1) is 10.5 Å². The van der Waals surface area contributed by atoms with Gasteiger partial charge < -0.3 is 4.74 Å². The van der Waals surface area contributed by atoms with Crippen molar-refractivity contribution in [2.45, 2.75) is 42.9 Å². The second kappa shape index (κ2) is 8.75. The molecular weight excluding hydrogens is 594 g/mol. The number of benzene rings is 2. The lowest BCUT2D eigenvalue weighted by Gasteiger charge is -2.24. The SMILES string of the molecule is O=C(Oc1ccc(S(=O)(=O)O)c(C2CCCCC2)c1)c1ccc(I)cc1I. The third kappa shape index (κ3) is 5.21. The van der Waals surface area contributed by atoms with Crippen molar-refractivity contribution in [3.05, 3.63) is 54.7 Å². The zero-order chi connectivity index (χ0) is 19.6. The molecule has 0 saturated heterocycles. The van der Waals surface area contributed by atoms with Crippen LogP contribution in [0.15, 0.2) is 41.3 Å². The van der Waals surface area contributed by atoms with E-state index in [1.54, 1.807) is 12.1 Å². The fourth-order valence-corrected chi connectivity index (χ4v) is 5.96. The Balaban J connectivity index is 1.93. The molecule has 0 unspecified atom stereocenters. The lowest BCUT2D eigenvalue weighted by molar-refractivity contribution is 0.0733. The second-order valence-corrected chi connectivity index (χ2v) is 10.3. The van der Waals surface area contributed by atoms with E-state index in [4.69, 9.17) is 4.74 Å². The highest BCUT2D eigenvalue weighted by atomic mass is 127. The highest BCUT2D eigenvalue weighted by molar-refractivity contribution is 14.1. The fourth-order valence-electron chi connectivity index (χ4n) is 3.37. The van der Waals surface area contributed by atoms with Crippen molar-refractivity contribution in [3.63, 3.8) is 0 Å². The Morgan fingerprint density at radius 3 is 2.37 bits per heavy atom. The van der Waals surface area contributed by atoms with Crippen LogP contribution in [0.3, 0.4) is 0 Å². The van der Waals surface area contributed by atoms with Crippen molar-refractivity contribution in [1.82, 2.24) is 0 Å². The highest BCUT2D eigenvalue weighted by Crippen LogP contribution is 2.37. The van der Waals surface area contributed by atoms with Gasteiger partial charge in [-0.3, -0.25) is 4.55 Å². The van der Waals surface area contributed by atoms with Crippen molar-refractivity contribution in [2.75, 3.05) is 0 Å². The number of hydrogen-bond donors (Lipinski definition) is 1. The summed E-state index contributed by atoms with van der Waals surface area (Å²) in [5.41, 5.74) is 0.980. The van der Waals surface area contributed by atoms with E-state index in [-0.39, 0.29) is 16.6 Å². The Morgan fingerprint density at radius 2 is 1.74 bits per heavy atom. The largest absolute Gasteiger partial charge is 0.423 e. The molecule has 1 saturated carbocycles. The van der Waals surface area contributed by atoms with E-state index in [0.717, 1.165) is 39.2 Å². The molecule has 0 spiro atoms. The lowest BCUT2D eigenvalue weighted by Crippen LogP contribution is -2.13. The third-order valence-corrected chi connectivity index (χ3v) is 7.16. The van der Waals surface area contributed by atoms with Crippen LogP contribution in [0.25, 0.3) is 0 Å². The summed E-state index contributed by atoms with van der Waals surface area (Å²) < 4.78 is 40.4. The maximum atomic E-state index is 12.5. The summed E-state index contributed by atoms with van der Waals surface area (Å²) in [7, 11) is -4.33. The van der Waals surface area contributed by atoms with Gasteiger partial charge in [0.25, 0.3) is 10.1 Å². The minimum Gasteiger partial charge on any atom is -0.423 e. The third-order valence-electron chi connectivity index (χ3n) is 4.67. The van der Waals surface area contributed by atoms with Crippen LogP contribution >= 0.6 is 45.2 Å². The predicted molar refractivity (Wildman–Crippen MR) is 119 cm³/mol. The van der Waals surface area contributed by atoms with E-state index in [1.165, 1.54) is 12.1 Å². The Hall–Kier alpha value is -0.720. The number of carbonyl (C=O) groups is 1. The van der Waals surface area contributed by atoms with Gasteiger partial charge in [-0.2, -0.15) is 8.42 Å². The van der Waals surface area contributed by atoms with Crippen LogP contribution < -0.4 is 4.74 Å². The molecule has 0 atom stereocenters. The number of esters is 1. The highest BCUT2D eigenvalue weighted by Gasteiger charge is 2.25. The molecule has 0 bridgehead atoms. The molecule has 1 N–H and O–H groups in total. The van der Waals surface area contributed by atoms with Crippen molar-refractivity contribution in [3.8, 4) is 5.75 Å². The summed E-state index contributed by atoms with van der Waals surface area (Å²) in [4.78, 5) is 12.4. The number of carbonyl (C=O) groups excluding carboxylic acids is 1. The maximum Gasteiger partial charge on any atom is 0.344 e. The van der Waals surface area contributed by atoms with Crippen LogP contribution in [0, 0.1) is 7.14 Å². The zero-order valence-corrected chi connectivity index (χ0v) is 19.5. The monoisotopic (exact) mass is 612 g/mol. The topological polar surface area (TPSA) is 80.7 Å². The summed E-state index contributed by atoms with van der Waals surface area (Å²) in [6.07, 6.45) is 4.86. The van der Waals surface area contributed by atoms with Crippen molar-refractivity contribution >= 4 is 61.3 Å². The molecule has 0 aliphatic heterocycles. The summed E-state index contributed by atoms with van der Waals surface area (Å²) in [5, 5.41) is 0. The summed E-state index contributed by atoms with van der Waals surface area (Å²) in [5.74, 6) is -0.180. The van der Waals surface area contributed by atoms with Gasteiger partial charge in [-0.25, -0.2) is 4.79 Å². The number of rotatable bonds is 4. The van der Waals surface area contributed by atoms with Crippen LogP contribution in [0.1, 0.15) is 53.9 Å². The molecule has 3 rings (SSSR count). The zero-order valence-electron chi connectivity index (χ0n) is 14.3. The molecule has 5 nitrogen and oxygen atoms in total. The first-order valence-corrected chi connectivity index (χ1v) is 12.1. The van der Waals surface area contributed by atoms with Gasteiger partial charge in [0.1, 0.15) is 5.75 Å². The Kier molecular flexibility index (Phi) is 6.80. The van der Waals surface area contributed by atoms with Gasteiger partial charge in [0, 0.05) is 7.14 Å². The molecule has 0 amide bonds. The number of ether oxygens (including phenoxy) is 1. The first-order chi connectivity index (χ1) is 12.8. The van der Waals surface area contributed by atoms with Crippen LogP contribution in [0.2, 0.25) is 0 Å². The minimum absolute atomic E-state index is 0.0350. The molecule has 27 heavy (non-hydrogen) atoms. The quantitative estimate of drug-likeness (QED) is 0.216. The molecular formula is C19H18I2O5S. The standard InChI is InChI=1S/C19H18I2O5S/c20-13-6-8-15(17(21)10-13)19(22)26-14-7-9-18(27(23,24)25)16(11-14)12-4-2-1-3-5-12/h6-12H,1-5H2,(H,23,24,25). The van der Waals surface area contributed by atoms with Gasteiger partial charge in [-0.05, 0) is 106 Å². The average molecular weight is 612 g/mol. The maximum absolute atomic E-state index is 12.5. The van der Waals surface area contributed by atoms with Gasteiger partial charge in [0.2, 0.25) is 0 Å². The molecule has 144 valence electrons. The van der Waals surface area contributed by atoms with Gasteiger partial charge >= 0.3 is 5.97 Å². The van der Waals surface area contributed by atoms with E-state index in [0.29, 0.717) is 11.1 Å². The smallest absolute Gasteiger partial charge is 0.344 e. The summed E-state index contributed by atoms with van der Waals surface area (Å²) in [6.45, 7) is 0. The molecule has 1 fully saturated rings. The lowest BCUT2D eigenvalue weighted by atomic mass is 9.84. The Labute approximate surface area is 185 Å². The molecule has 1 aliphatic rings. The minimum atomic E-state index is -4.33. The molecule has 1 aliphatic carbocycles. The first-order valence-electron chi connectivity index (χ1n) is 8.54. The van der Waals surface area contributed by atoms with Crippen LogP contribution in [0.5, 0.6) is 5.75 Å². The second-order valence-electron chi connectivity index (χ2n) is 6.52. The molecule has 0 aromatic heterocycles. The molecule has 0 heterocycles. The Bertz CT molecular complexity index is 966. The van der Waals surface area contributed by atoms with Crippen LogP contribution in [0.4, 0.5) is 0 Å². The van der Waals surface area contributed by atoms with Crippen LogP contribution in [-0.4, -0.2) is 18.9 Å². The van der Waals surface area contributed by atoms with E-state index in [9.17, 15) is 17.8 Å². The molecule has 0 radical (unpaired) electrons. The summed E-state index contributed by atoms with van der Waals surface area (Å²) >= 11 is 4.26. The van der Waals surface area contributed by atoms with Crippen molar-refractivity contribution in [2.24, 2.45) is 0 Å².